The molecule has 21 heavy (non-hydrogen) atoms. The number of aromatic nitrogens is 2. The maximum Gasteiger partial charge on any atom is 0.0663 e. The second kappa shape index (κ2) is 7.10. The van der Waals surface area contributed by atoms with Crippen LogP contribution in [0.5, 0.6) is 0 Å². The first-order chi connectivity index (χ1) is 10.0. The summed E-state index contributed by atoms with van der Waals surface area (Å²) in [6.45, 7) is 10.4. The molecule has 0 amide bonds. The van der Waals surface area contributed by atoms with E-state index in [1.807, 2.05) is 23.7 Å². The van der Waals surface area contributed by atoms with Crippen LogP contribution in [0.4, 0.5) is 0 Å². The van der Waals surface area contributed by atoms with Gasteiger partial charge in [-0.2, -0.15) is 5.10 Å². The van der Waals surface area contributed by atoms with E-state index < -0.39 is 0 Å². The minimum absolute atomic E-state index is 0.786. The van der Waals surface area contributed by atoms with E-state index >= 15 is 0 Å². The molecule has 0 fully saturated rings. The van der Waals surface area contributed by atoms with Crippen LogP contribution in [0.15, 0.2) is 18.2 Å². The summed E-state index contributed by atoms with van der Waals surface area (Å²) in [7, 11) is 0. The fourth-order valence-corrected chi connectivity index (χ4v) is 2.74. The first-order valence-corrected chi connectivity index (χ1v) is 7.94. The Morgan fingerprint density at radius 3 is 2.67 bits per heavy atom. The monoisotopic (exact) mass is 305 g/mol. The van der Waals surface area contributed by atoms with Crippen molar-refractivity contribution in [2.75, 3.05) is 13.1 Å². The second-order valence-electron chi connectivity index (χ2n) is 5.45. The van der Waals surface area contributed by atoms with E-state index in [0.29, 0.717) is 0 Å². The van der Waals surface area contributed by atoms with Gasteiger partial charge in [0, 0.05) is 10.7 Å². The van der Waals surface area contributed by atoms with Crippen LogP contribution in [0.2, 0.25) is 5.02 Å². The van der Waals surface area contributed by atoms with Crippen LogP contribution >= 0.6 is 11.6 Å². The van der Waals surface area contributed by atoms with Gasteiger partial charge in [0.1, 0.15) is 0 Å². The molecule has 0 aliphatic rings. The summed E-state index contributed by atoms with van der Waals surface area (Å²) in [5.74, 6) is 0. The molecule has 1 heterocycles. The summed E-state index contributed by atoms with van der Waals surface area (Å²) in [4.78, 5) is 0. The average Bonchev–Trinajstić information content (AvgIpc) is 2.74. The Labute approximate surface area is 132 Å². The second-order valence-corrected chi connectivity index (χ2v) is 5.86. The molecule has 2 rings (SSSR count). The lowest BCUT2D eigenvalue weighted by molar-refractivity contribution is 0.670. The van der Waals surface area contributed by atoms with E-state index in [4.69, 9.17) is 11.6 Å². The molecule has 0 aliphatic carbocycles. The summed E-state index contributed by atoms with van der Waals surface area (Å²) in [6, 6.07) is 6.10. The lowest BCUT2D eigenvalue weighted by Crippen LogP contribution is -2.14. The van der Waals surface area contributed by atoms with Crippen molar-refractivity contribution in [2.24, 2.45) is 0 Å². The predicted molar refractivity (Wildman–Crippen MR) is 89.6 cm³/mol. The highest BCUT2D eigenvalue weighted by Gasteiger charge is 2.13. The number of aryl methyl sites for hydroxylation is 2. The highest BCUT2D eigenvalue weighted by atomic mass is 35.5. The smallest absolute Gasteiger partial charge is 0.0663 e. The number of nitrogens with one attached hydrogen (secondary N) is 1. The molecule has 0 radical (unpaired) electrons. The number of benzene rings is 1. The molecule has 0 atom stereocenters. The van der Waals surface area contributed by atoms with E-state index in [9.17, 15) is 0 Å². The van der Waals surface area contributed by atoms with Crippen molar-refractivity contribution in [1.29, 1.82) is 0 Å². The molecular weight excluding hydrogens is 282 g/mol. The average molecular weight is 306 g/mol. The number of nitrogens with zero attached hydrogens (tertiary/aromatic N) is 2. The van der Waals surface area contributed by atoms with Crippen LogP contribution in [-0.4, -0.2) is 22.9 Å². The number of rotatable bonds is 6. The van der Waals surface area contributed by atoms with Gasteiger partial charge in [0.2, 0.25) is 0 Å². The van der Waals surface area contributed by atoms with Crippen molar-refractivity contribution < 1.29 is 0 Å². The van der Waals surface area contributed by atoms with Crippen molar-refractivity contribution in [3.05, 3.63) is 45.7 Å². The summed E-state index contributed by atoms with van der Waals surface area (Å²) >= 11 is 6.23. The van der Waals surface area contributed by atoms with Crippen molar-refractivity contribution in [3.63, 3.8) is 0 Å². The van der Waals surface area contributed by atoms with Crippen molar-refractivity contribution in [3.8, 4) is 5.69 Å². The molecule has 0 aliphatic heterocycles. The van der Waals surface area contributed by atoms with Gasteiger partial charge < -0.3 is 5.32 Å². The third-order valence-electron chi connectivity index (χ3n) is 3.87. The first kappa shape index (κ1) is 16.1. The van der Waals surface area contributed by atoms with Crippen molar-refractivity contribution in [2.45, 2.75) is 40.5 Å². The van der Waals surface area contributed by atoms with Crippen LogP contribution in [-0.2, 0) is 6.42 Å². The van der Waals surface area contributed by atoms with E-state index in [-0.39, 0.29) is 0 Å². The first-order valence-electron chi connectivity index (χ1n) is 7.57. The standard InChI is InChI=1S/C17H24ClN3/c1-5-19-10-6-7-16-13(3)20-21(14(16)4)15-9-8-12(2)17(18)11-15/h8-9,11,19H,5-7,10H2,1-4H3. The molecular formula is C17H24ClN3. The van der Waals surface area contributed by atoms with Gasteiger partial charge in [0.15, 0.2) is 0 Å². The normalized spacial score (nSPS) is 11.1. The Kier molecular flexibility index (Phi) is 5.43. The van der Waals surface area contributed by atoms with E-state index in [1.54, 1.807) is 0 Å². The van der Waals surface area contributed by atoms with Crippen LogP contribution in [0.25, 0.3) is 5.69 Å². The SMILES string of the molecule is CCNCCCc1c(C)nn(-c2ccc(C)c(Cl)c2)c1C. The van der Waals surface area contributed by atoms with Gasteiger partial charge in [-0.25, -0.2) is 4.68 Å². The molecule has 0 unspecified atom stereocenters. The maximum absolute atomic E-state index is 6.23. The third kappa shape index (κ3) is 3.66. The van der Waals surface area contributed by atoms with Crippen molar-refractivity contribution >= 4 is 11.6 Å². The summed E-state index contributed by atoms with van der Waals surface area (Å²) < 4.78 is 2.00. The molecule has 4 heteroatoms. The van der Waals surface area contributed by atoms with Gasteiger partial charge in [-0.1, -0.05) is 24.6 Å². The largest absolute Gasteiger partial charge is 0.317 e. The summed E-state index contributed by atoms with van der Waals surface area (Å²) in [5, 5.41) is 8.84. The van der Waals surface area contributed by atoms with Gasteiger partial charge in [0.25, 0.3) is 0 Å². The van der Waals surface area contributed by atoms with Gasteiger partial charge in [0.05, 0.1) is 11.4 Å². The Bertz CT molecular complexity index is 617. The lowest BCUT2D eigenvalue weighted by Gasteiger charge is -2.07. The Morgan fingerprint density at radius 1 is 1.24 bits per heavy atom. The van der Waals surface area contributed by atoms with E-state index in [1.165, 1.54) is 11.3 Å². The van der Waals surface area contributed by atoms with Crippen LogP contribution < -0.4 is 5.32 Å². The topological polar surface area (TPSA) is 29.9 Å². The van der Waals surface area contributed by atoms with E-state index in [0.717, 1.165) is 47.9 Å². The van der Waals surface area contributed by atoms with Gasteiger partial charge >= 0.3 is 0 Å². The maximum atomic E-state index is 6.23. The fraction of sp³-hybridized carbons (Fsp3) is 0.471. The lowest BCUT2D eigenvalue weighted by atomic mass is 10.1. The van der Waals surface area contributed by atoms with Gasteiger partial charge in [-0.15, -0.1) is 0 Å². The quantitative estimate of drug-likeness (QED) is 0.818. The van der Waals surface area contributed by atoms with Crippen LogP contribution in [0, 0.1) is 20.8 Å². The van der Waals surface area contributed by atoms with Crippen LogP contribution in [0.3, 0.4) is 0 Å². The molecule has 0 saturated heterocycles. The molecule has 1 aromatic carbocycles. The zero-order chi connectivity index (χ0) is 15.4. The molecule has 2 aromatic rings. The predicted octanol–water partition coefficient (Wildman–Crippen LogP) is 3.99. The molecule has 3 nitrogen and oxygen atoms in total. The summed E-state index contributed by atoms with van der Waals surface area (Å²) in [6.07, 6.45) is 2.19. The molecule has 0 saturated carbocycles. The zero-order valence-electron chi connectivity index (χ0n) is 13.3. The van der Waals surface area contributed by atoms with Crippen molar-refractivity contribution in [1.82, 2.24) is 15.1 Å². The Morgan fingerprint density at radius 2 is 2.00 bits per heavy atom. The van der Waals surface area contributed by atoms with Crippen LogP contribution in [0.1, 0.15) is 35.9 Å². The fourth-order valence-electron chi connectivity index (χ4n) is 2.57. The van der Waals surface area contributed by atoms with E-state index in [2.05, 4.69) is 37.3 Å². The Hall–Kier alpha value is -1.32. The minimum Gasteiger partial charge on any atom is -0.317 e. The zero-order valence-corrected chi connectivity index (χ0v) is 14.1. The number of hydrogen-bond donors (Lipinski definition) is 1. The minimum atomic E-state index is 0.786. The van der Waals surface area contributed by atoms with Gasteiger partial charge in [-0.3, -0.25) is 0 Å². The molecule has 0 bridgehead atoms. The number of hydrogen-bond acceptors (Lipinski definition) is 2. The molecule has 0 spiro atoms. The summed E-state index contributed by atoms with van der Waals surface area (Å²) in [5.41, 5.74) is 5.80. The molecule has 1 N–H and O–H groups in total. The number of halogens is 1. The highest BCUT2D eigenvalue weighted by Crippen LogP contribution is 2.23. The highest BCUT2D eigenvalue weighted by molar-refractivity contribution is 6.31. The molecule has 1 aromatic heterocycles. The molecule has 114 valence electrons. The van der Waals surface area contributed by atoms with Gasteiger partial charge in [-0.05, 0) is 70.0 Å². The third-order valence-corrected chi connectivity index (χ3v) is 4.28. The Balaban J connectivity index is 2.23.